The number of hydrogen-bond acceptors (Lipinski definition) is 3. The van der Waals surface area contributed by atoms with Crippen molar-refractivity contribution in [3.63, 3.8) is 0 Å². The Hall–Kier alpha value is -1.07. The Kier molecular flexibility index (Phi) is 4.12. The van der Waals surface area contributed by atoms with E-state index in [4.69, 9.17) is 10.7 Å². The van der Waals surface area contributed by atoms with Crippen molar-refractivity contribution in [3.8, 4) is 0 Å². The SMILES string of the molecule is Cc1cc(S(=O)(=O)Cl)cc(C(=O)N2CCC(C)C2)c1C. The monoisotopic (exact) mass is 315 g/mol. The molecule has 0 spiro atoms. The number of likely N-dealkylation sites (tertiary alicyclic amines) is 1. The first kappa shape index (κ1) is 15.3. The van der Waals surface area contributed by atoms with Crippen molar-refractivity contribution < 1.29 is 13.2 Å². The second kappa shape index (κ2) is 5.37. The molecule has 1 atom stereocenters. The maximum Gasteiger partial charge on any atom is 0.261 e. The van der Waals surface area contributed by atoms with Crippen LogP contribution in [0, 0.1) is 19.8 Å². The minimum absolute atomic E-state index is 0.0159. The fraction of sp³-hybridized carbons (Fsp3) is 0.500. The summed E-state index contributed by atoms with van der Waals surface area (Å²) in [4.78, 5) is 14.3. The van der Waals surface area contributed by atoms with Crippen molar-refractivity contribution in [3.05, 3.63) is 28.8 Å². The predicted octanol–water partition coefficient (Wildman–Crippen LogP) is 2.71. The van der Waals surface area contributed by atoms with Gasteiger partial charge < -0.3 is 4.90 Å². The highest BCUT2D eigenvalue weighted by Gasteiger charge is 2.26. The third kappa shape index (κ3) is 2.99. The molecule has 0 bridgehead atoms. The normalized spacial score (nSPS) is 19.4. The molecule has 4 nitrogen and oxygen atoms in total. The summed E-state index contributed by atoms with van der Waals surface area (Å²) in [5, 5.41) is 0. The third-order valence-electron chi connectivity index (χ3n) is 3.86. The van der Waals surface area contributed by atoms with E-state index in [0.29, 0.717) is 11.5 Å². The maximum absolute atomic E-state index is 12.5. The van der Waals surface area contributed by atoms with E-state index in [0.717, 1.165) is 30.6 Å². The number of aryl methyl sites for hydroxylation is 1. The van der Waals surface area contributed by atoms with E-state index in [9.17, 15) is 13.2 Å². The number of amides is 1. The number of benzene rings is 1. The highest BCUT2D eigenvalue weighted by molar-refractivity contribution is 8.13. The van der Waals surface area contributed by atoms with Crippen LogP contribution in [-0.4, -0.2) is 32.3 Å². The minimum Gasteiger partial charge on any atom is -0.338 e. The van der Waals surface area contributed by atoms with Crippen molar-refractivity contribution >= 4 is 25.6 Å². The summed E-state index contributed by atoms with van der Waals surface area (Å²) in [5.41, 5.74) is 1.99. The molecule has 110 valence electrons. The topological polar surface area (TPSA) is 54.5 Å². The van der Waals surface area contributed by atoms with Crippen molar-refractivity contribution in [1.29, 1.82) is 0 Å². The summed E-state index contributed by atoms with van der Waals surface area (Å²) < 4.78 is 23.0. The van der Waals surface area contributed by atoms with Gasteiger partial charge in [-0.15, -0.1) is 0 Å². The summed E-state index contributed by atoms with van der Waals surface area (Å²) in [7, 11) is 1.56. The molecule has 0 saturated carbocycles. The van der Waals surface area contributed by atoms with Crippen molar-refractivity contribution in [2.75, 3.05) is 13.1 Å². The van der Waals surface area contributed by atoms with E-state index in [2.05, 4.69) is 6.92 Å². The first-order valence-electron chi connectivity index (χ1n) is 6.55. The van der Waals surface area contributed by atoms with Gasteiger partial charge in [-0.3, -0.25) is 4.79 Å². The molecule has 1 aromatic rings. The van der Waals surface area contributed by atoms with Gasteiger partial charge in [-0.2, -0.15) is 0 Å². The molecule has 1 aromatic carbocycles. The number of halogens is 1. The Bertz CT molecular complexity index is 655. The molecule has 0 aromatic heterocycles. The summed E-state index contributed by atoms with van der Waals surface area (Å²) in [6.45, 7) is 7.15. The molecule has 2 rings (SSSR count). The summed E-state index contributed by atoms with van der Waals surface area (Å²) >= 11 is 0. The molecule has 6 heteroatoms. The number of rotatable bonds is 2. The largest absolute Gasteiger partial charge is 0.338 e. The molecule has 0 N–H and O–H groups in total. The molecular weight excluding hydrogens is 298 g/mol. The van der Waals surface area contributed by atoms with Gasteiger partial charge in [0, 0.05) is 29.3 Å². The van der Waals surface area contributed by atoms with Crippen LogP contribution in [0.3, 0.4) is 0 Å². The van der Waals surface area contributed by atoms with E-state index >= 15 is 0 Å². The first-order chi connectivity index (χ1) is 9.20. The Labute approximate surface area is 124 Å². The van der Waals surface area contributed by atoms with Gasteiger partial charge >= 0.3 is 0 Å². The van der Waals surface area contributed by atoms with Crippen LogP contribution in [0.1, 0.15) is 34.8 Å². The zero-order valence-corrected chi connectivity index (χ0v) is 13.4. The van der Waals surface area contributed by atoms with Crippen LogP contribution in [-0.2, 0) is 9.05 Å². The lowest BCUT2D eigenvalue weighted by atomic mass is 10.0. The van der Waals surface area contributed by atoms with Crippen molar-refractivity contribution in [2.45, 2.75) is 32.1 Å². The van der Waals surface area contributed by atoms with Gasteiger partial charge in [0.25, 0.3) is 15.0 Å². The summed E-state index contributed by atoms with van der Waals surface area (Å²) in [6.07, 6.45) is 0.983. The van der Waals surface area contributed by atoms with Gasteiger partial charge in [0.2, 0.25) is 0 Å². The smallest absolute Gasteiger partial charge is 0.261 e. The van der Waals surface area contributed by atoms with Gasteiger partial charge in [0.1, 0.15) is 0 Å². The van der Waals surface area contributed by atoms with Crippen LogP contribution in [0.15, 0.2) is 17.0 Å². The number of carbonyl (C=O) groups excluding carboxylic acids is 1. The molecule has 1 unspecified atom stereocenters. The molecule has 1 aliphatic rings. The quantitative estimate of drug-likeness (QED) is 0.788. The van der Waals surface area contributed by atoms with Crippen molar-refractivity contribution in [2.24, 2.45) is 5.92 Å². The zero-order valence-electron chi connectivity index (χ0n) is 11.8. The van der Waals surface area contributed by atoms with Gasteiger partial charge in [0.05, 0.1) is 4.90 Å². The molecule has 0 radical (unpaired) electrons. The highest BCUT2D eigenvalue weighted by Crippen LogP contribution is 2.25. The fourth-order valence-electron chi connectivity index (χ4n) is 2.48. The summed E-state index contributed by atoms with van der Waals surface area (Å²) in [5.74, 6) is 0.373. The second-order valence-electron chi connectivity index (χ2n) is 5.50. The maximum atomic E-state index is 12.5. The molecule has 0 aliphatic carbocycles. The standard InChI is InChI=1S/C14H18ClNO3S/c1-9-4-5-16(8-9)14(17)13-7-12(20(15,18)19)6-10(2)11(13)3/h6-7,9H,4-5,8H2,1-3H3. The van der Waals surface area contributed by atoms with E-state index < -0.39 is 9.05 Å². The van der Waals surface area contributed by atoms with Crippen LogP contribution < -0.4 is 0 Å². The van der Waals surface area contributed by atoms with E-state index in [1.54, 1.807) is 11.8 Å². The lowest BCUT2D eigenvalue weighted by Crippen LogP contribution is -2.29. The average molecular weight is 316 g/mol. The molecule has 20 heavy (non-hydrogen) atoms. The Morgan fingerprint density at radius 1 is 1.35 bits per heavy atom. The zero-order chi connectivity index (χ0) is 15.1. The van der Waals surface area contributed by atoms with E-state index in [-0.39, 0.29) is 10.8 Å². The number of hydrogen-bond donors (Lipinski definition) is 0. The Morgan fingerprint density at radius 3 is 2.50 bits per heavy atom. The van der Waals surface area contributed by atoms with Gasteiger partial charge in [-0.05, 0) is 49.4 Å². The minimum atomic E-state index is -3.83. The molecule has 1 saturated heterocycles. The lowest BCUT2D eigenvalue weighted by molar-refractivity contribution is 0.0787. The van der Waals surface area contributed by atoms with Crippen LogP contribution in [0.4, 0.5) is 0 Å². The van der Waals surface area contributed by atoms with Crippen LogP contribution >= 0.6 is 10.7 Å². The predicted molar refractivity (Wildman–Crippen MR) is 78.6 cm³/mol. The molecule has 1 fully saturated rings. The Balaban J connectivity index is 2.45. The molecular formula is C14H18ClNO3S. The molecule has 1 heterocycles. The van der Waals surface area contributed by atoms with Gasteiger partial charge in [0.15, 0.2) is 0 Å². The van der Waals surface area contributed by atoms with Gasteiger partial charge in [-0.1, -0.05) is 6.92 Å². The van der Waals surface area contributed by atoms with Crippen LogP contribution in [0.5, 0.6) is 0 Å². The first-order valence-corrected chi connectivity index (χ1v) is 8.86. The number of nitrogens with zero attached hydrogens (tertiary/aromatic N) is 1. The third-order valence-corrected chi connectivity index (χ3v) is 5.20. The van der Waals surface area contributed by atoms with Crippen molar-refractivity contribution in [1.82, 2.24) is 4.90 Å². The fourth-order valence-corrected chi connectivity index (χ4v) is 3.32. The summed E-state index contributed by atoms with van der Waals surface area (Å²) in [6, 6.07) is 2.89. The number of carbonyl (C=O) groups is 1. The second-order valence-corrected chi connectivity index (χ2v) is 8.06. The molecule has 1 aliphatic heterocycles. The molecule has 1 amide bonds. The van der Waals surface area contributed by atoms with Crippen LogP contribution in [0.2, 0.25) is 0 Å². The van der Waals surface area contributed by atoms with E-state index in [1.807, 2.05) is 6.92 Å². The van der Waals surface area contributed by atoms with E-state index in [1.165, 1.54) is 12.1 Å². The van der Waals surface area contributed by atoms with Gasteiger partial charge in [-0.25, -0.2) is 8.42 Å². The Morgan fingerprint density at radius 2 is 2.00 bits per heavy atom. The van der Waals surface area contributed by atoms with Crippen LogP contribution in [0.25, 0.3) is 0 Å². The highest BCUT2D eigenvalue weighted by atomic mass is 35.7. The average Bonchev–Trinajstić information content (AvgIpc) is 2.77. The lowest BCUT2D eigenvalue weighted by Gasteiger charge is -2.18.